The number of hydrogen-bond acceptors (Lipinski definition) is 1. The number of rotatable bonds is 4. The molecule has 1 unspecified atom stereocenters. The first-order valence-electron chi connectivity index (χ1n) is 5.62. The molecule has 0 radical (unpaired) electrons. The van der Waals surface area contributed by atoms with E-state index in [9.17, 15) is 0 Å². The Morgan fingerprint density at radius 3 is 3.07 bits per heavy atom. The average Bonchev–Trinajstić information content (AvgIpc) is 2.60. The normalized spacial score (nSPS) is 18.7. The predicted molar refractivity (Wildman–Crippen MR) is 66.9 cm³/mol. The minimum absolute atomic E-state index is 0.417. The molecule has 1 atom stereocenters. The summed E-state index contributed by atoms with van der Waals surface area (Å²) in [5.41, 5.74) is 2.72. The largest absolute Gasteiger partial charge is 0.490 e. The van der Waals surface area contributed by atoms with Gasteiger partial charge in [-0.2, -0.15) is 0 Å². The van der Waals surface area contributed by atoms with Crippen molar-refractivity contribution in [2.75, 3.05) is 5.33 Å². The molecule has 0 saturated heterocycles. The molecule has 0 aromatic heterocycles. The van der Waals surface area contributed by atoms with E-state index in [0.29, 0.717) is 6.10 Å². The molecule has 0 amide bonds. The van der Waals surface area contributed by atoms with Gasteiger partial charge in [0.25, 0.3) is 0 Å². The van der Waals surface area contributed by atoms with Gasteiger partial charge in [0.15, 0.2) is 0 Å². The first-order chi connectivity index (χ1) is 7.29. The van der Waals surface area contributed by atoms with Crippen LogP contribution in [0.3, 0.4) is 0 Å². The lowest BCUT2D eigenvalue weighted by molar-refractivity contribution is 0.218. The third kappa shape index (κ3) is 2.75. The van der Waals surface area contributed by atoms with Crippen molar-refractivity contribution < 1.29 is 4.74 Å². The smallest absolute Gasteiger partial charge is 0.123 e. The second kappa shape index (κ2) is 5.02. The second-order valence-corrected chi connectivity index (χ2v) is 5.03. The van der Waals surface area contributed by atoms with Crippen LogP contribution in [0.1, 0.15) is 30.4 Å². The van der Waals surface area contributed by atoms with E-state index in [1.165, 1.54) is 30.4 Å². The fourth-order valence-corrected chi connectivity index (χ4v) is 2.47. The molecule has 0 spiro atoms. The Labute approximate surface area is 100.0 Å². The van der Waals surface area contributed by atoms with Gasteiger partial charge in [0, 0.05) is 11.8 Å². The summed E-state index contributed by atoms with van der Waals surface area (Å²) in [7, 11) is 0. The number of fused-ring (bicyclic) bond motifs is 1. The minimum atomic E-state index is 0.417. The lowest BCUT2D eigenvalue weighted by Crippen LogP contribution is -2.12. The number of halogens is 1. The highest BCUT2D eigenvalue weighted by Gasteiger charge is 2.21. The van der Waals surface area contributed by atoms with Crippen LogP contribution in [0.2, 0.25) is 0 Å². The quantitative estimate of drug-likeness (QED) is 0.595. The summed E-state index contributed by atoms with van der Waals surface area (Å²) >= 11 is 3.46. The summed E-state index contributed by atoms with van der Waals surface area (Å²) < 4.78 is 5.89. The van der Waals surface area contributed by atoms with Crippen LogP contribution in [0, 0.1) is 6.92 Å². The number of unbranched alkanes of at least 4 members (excludes halogenated alkanes) is 1. The van der Waals surface area contributed by atoms with E-state index in [-0.39, 0.29) is 0 Å². The van der Waals surface area contributed by atoms with Crippen LogP contribution in [0.15, 0.2) is 18.2 Å². The van der Waals surface area contributed by atoms with Crippen LogP contribution in [0.4, 0.5) is 0 Å². The van der Waals surface area contributed by atoms with Gasteiger partial charge in [-0.15, -0.1) is 0 Å². The van der Waals surface area contributed by atoms with Crippen LogP contribution in [-0.4, -0.2) is 11.4 Å². The maximum atomic E-state index is 5.89. The molecule has 0 bridgehead atoms. The monoisotopic (exact) mass is 268 g/mol. The van der Waals surface area contributed by atoms with Crippen molar-refractivity contribution in [2.45, 2.75) is 38.7 Å². The van der Waals surface area contributed by atoms with Gasteiger partial charge in [-0.05, 0) is 37.8 Å². The maximum Gasteiger partial charge on any atom is 0.123 e. The summed E-state index contributed by atoms with van der Waals surface area (Å²) in [6.45, 7) is 2.14. The first-order valence-corrected chi connectivity index (χ1v) is 6.74. The van der Waals surface area contributed by atoms with Crippen LogP contribution in [-0.2, 0) is 6.42 Å². The van der Waals surface area contributed by atoms with Gasteiger partial charge < -0.3 is 4.74 Å². The van der Waals surface area contributed by atoms with E-state index in [4.69, 9.17) is 4.74 Å². The van der Waals surface area contributed by atoms with E-state index in [1.807, 2.05) is 0 Å². The first kappa shape index (κ1) is 11.0. The SMILES string of the molecule is Cc1ccc2c(c1)CC(CCCCBr)O2. The lowest BCUT2D eigenvalue weighted by atomic mass is 10.0. The fourth-order valence-electron chi connectivity index (χ4n) is 2.08. The Morgan fingerprint density at radius 1 is 1.40 bits per heavy atom. The van der Waals surface area contributed by atoms with Crippen molar-refractivity contribution >= 4 is 15.9 Å². The predicted octanol–water partition coefficient (Wildman–Crippen LogP) is 3.86. The zero-order chi connectivity index (χ0) is 10.7. The summed E-state index contributed by atoms with van der Waals surface area (Å²) in [6.07, 6.45) is 5.19. The third-order valence-corrected chi connectivity index (χ3v) is 3.43. The van der Waals surface area contributed by atoms with Crippen molar-refractivity contribution in [1.82, 2.24) is 0 Å². The lowest BCUT2D eigenvalue weighted by Gasteiger charge is -2.09. The molecule has 1 aliphatic heterocycles. The summed E-state index contributed by atoms with van der Waals surface area (Å²) in [4.78, 5) is 0. The van der Waals surface area contributed by atoms with Crippen LogP contribution in [0.5, 0.6) is 5.75 Å². The standard InChI is InChI=1S/C13H17BrO/c1-10-5-6-13-11(8-10)9-12(15-13)4-2-3-7-14/h5-6,8,12H,2-4,7,9H2,1H3. The van der Waals surface area contributed by atoms with Gasteiger partial charge in [0.2, 0.25) is 0 Å². The average molecular weight is 269 g/mol. The third-order valence-electron chi connectivity index (χ3n) is 2.87. The number of hydrogen-bond donors (Lipinski definition) is 0. The van der Waals surface area contributed by atoms with Crippen LogP contribution in [0.25, 0.3) is 0 Å². The van der Waals surface area contributed by atoms with E-state index in [0.717, 1.165) is 17.5 Å². The summed E-state index contributed by atoms with van der Waals surface area (Å²) in [6, 6.07) is 6.48. The molecule has 1 aromatic rings. The molecular formula is C13H17BrO. The van der Waals surface area contributed by atoms with E-state index < -0.39 is 0 Å². The molecule has 1 heterocycles. The highest BCUT2D eigenvalue weighted by atomic mass is 79.9. The molecule has 2 rings (SSSR count). The number of alkyl halides is 1. The molecule has 1 aliphatic rings. The van der Waals surface area contributed by atoms with Crippen molar-refractivity contribution in [3.63, 3.8) is 0 Å². The highest BCUT2D eigenvalue weighted by molar-refractivity contribution is 9.09. The molecule has 0 saturated carbocycles. The summed E-state index contributed by atoms with van der Waals surface area (Å²) in [5, 5.41) is 1.10. The fraction of sp³-hybridized carbons (Fsp3) is 0.538. The zero-order valence-electron chi connectivity index (χ0n) is 9.13. The Balaban J connectivity index is 1.91. The zero-order valence-corrected chi connectivity index (χ0v) is 10.7. The molecule has 82 valence electrons. The molecular weight excluding hydrogens is 252 g/mol. The van der Waals surface area contributed by atoms with Crippen molar-refractivity contribution in [3.8, 4) is 5.75 Å². The van der Waals surface area contributed by atoms with Gasteiger partial charge >= 0.3 is 0 Å². The maximum absolute atomic E-state index is 5.89. The van der Waals surface area contributed by atoms with E-state index >= 15 is 0 Å². The second-order valence-electron chi connectivity index (χ2n) is 4.24. The van der Waals surface area contributed by atoms with Crippen LogP contribution >= 0.6 is 15.9 Å². The van der Waals surface area contributed by atoms with Gasteiger partial charge in [-0.3, -0.25) is 0 Å². The van der Waals surface area contributed by atoms with Crippen LogP contribution < -0.4 is 4.74 Å². The molecule has 1 nitrogen and oxygen atoms in total. The van der Waals surface area contributed by atoms with Crippen molar-refractivity contribution in [2.24, 2.45) is 0 Å². The number of benzene rings is 1. The molecule has 0 fully saturated rings. The Kier molecular flexibility index (Phi) is 3.68. The minimum Gasteiger partial charge on any atom is -0.490 e. The van der Waals surface area contributed by atoms with E-state index in [1.54, 1.807) is 0 Å². The highest BCUT2D eigenvalue weighted by Crippen LogP contribution is 2.31. The van der Waals surface area contributed by atoms with Crippen molar-refractivity contribution in [3.05, 3.63) is 29.3 Å². The van der Waals surface area contributed by atoms with Gasteiger partial charge in [0.05, 0.1) is 0 Å². The molecule has 0 N–H and O–H groups in total. The number of aryl methyl sites for hydroxylation is 1. The Morgan fingerprint density at radius 2 is 2.27 bits per heavy atom. The number of ether oxygens (including phenoxy) is 1. The van der Waals surface area contributed by atoms with Gasteiger partial charge in [-0.1, -0.05) is 33.6 Å². The van der Waals surface area contributed by atoms with Gasteiger partial charge in [-0.25, -0.2) is 0 Å². The molecule has 2 heteroatoms. The molecule has 1 aromatic carbocycles. The topological polar surface area (TPSA) is 9.23 Å². The Hall–Kier alpha value is -0.500. The Bertz CT molecular complexity index is 335. The van der Waals surface area contributed by atoms with E-state index in [2.05, 4.69) is 41.1 Å². The summed E-state index contributed by atoms with van der Waals surface area (Å²) in [5.74, 6) is 1.10. The van der Waals surface area contributed by atoms with Gasteiger partial charge in [0.1, 0.15) is 11.9 Å². The van der Waals surface area contributed by atoms with Crippen molar-refractivity contribution in [1.29, 1.82) is 0 Å². The molecule has 15 heavy (non-hydrogen) atoms. The molecule has 0 aliphatic carbocycles.